The van der Waals surface area contributed by atoms with Crippen LogP contribution in [0.1, 0.15) is 100 Å². The molecule has 0 N–H and O–H groups in total. The van der Waals surface area contributed by atoms with Gasteiger partial charge < -0.3 is 9.47 Å². The maximum Gasteiger partial charge on any atom is 0.338 e. The van der Waals surface area contributed by atoms with E-state index in [4.69, 9.17) is 9.47 Å². The third-order valence-electron chi connectivity index (χ3n) is 4.55. The molecule has 158 valence electrons. The molecule has 0 aromatic heterocycles. The molecule has 1 unspecified atom stereocenters. The van der Waals surface area contributed by atoms with Crippen molar-refractivity contribution in [2.24, 2.45) is 11.3 Å². The second-order valence-electron chi connectivity index (χ2n) is 8.95. The Kier molecular flexibility index (Phi) is 10.9. The summed E-state index contributed by atoms with van der Waals surface area (Å²) in [5.41, 5.74) is 1.13. The molecule has 1 rings (SSSR count). The molecule has 0 fully saturated rings. The van der Waals surface area contributed by atoms with Crippen LogP contribution in [-0.4, -0.2) is 25.2 Å². The fourth-order valence-corrected chi connectivity index (χ4v) is 3.28. The molecule has 0 aliphatic rings. The number of carbonyl (C=O) groups is 2. The lowest BCUT2D eigenvalue weighted by molar-refractivity contribution is 0.0418. The molecule has 1 aromatic rings. The van der Waals surface area contributed by atoms with Gasteiger partial charge in [-0.1, -0.05) is 66.7 Å². The number of unbranched alkanes of at least 4 members (excludes halogenated alkanes) is 5. The molecule has 0 saturated carbocycles. The topological polar surface area (TPSA) is 52.6 Å². The molecule has 0 aliphatic carbocycles. The standard InChI is InChI=1S/C24H38O4/c1-6-7-8-9-10-11-16-27-22(25)20-12-14-21(15-13-20)23(26)28-18-19(2)17-24(3,4)5/h12-15,19H,6-11,16-18H2,1-5H3. The van der Waals surface area contributed by atoms with Crippen LogP contribution in [0.15, 0.2) is 24.3 Å². The molecule has 1 atom stereocenters. The van der Waals surface area contributed by atoms with E-state index >= 15 is 0 Å². The maximum absolute atomic E-state index is 12.2. The first kappa shape index (κ1) is 24.2. The number of hydrogen-bond donors (Lipinski definition) is 0. The average molecular weight is 391 g/mol. The molecule has 0 aliphatic heterocycles. The first-order chi connectivity index (χ1) is 13.2. The van der Waals surface area contributed by atoms with E-state index in [0.29, 0.717) is 30.3 Å². The Morgan fingerprint density at radius 3 is 1.89 bits per heavy atom. The Morgan fingerprint density at radius 1 is 0.857 bits per heavy atom. The summed E-state index contributed by atoms with van der Waals surface area (Å²) in [7, 11) is 0. The Morgan fingerprint density at radius 2 is 1.36 bits per heavy atom. The second kappa shape index (κ2) is 12.6. The highest BCUT2D eigenvalue weighted by Gasteiger charge is 2.17. The summed E-state index contributed by atoms with van der Waals surface area (Å²) < 4.78 is 10.7. The number of esters is 2. The fraction of sp³-hybridized carbons (Fsp3) is 0.667. The van der Waals surface area contributed by atoms with Gasteiger partial charge >= 0.3 is 11.9 Å². The summed E-state index contributed by atoms with van der Waals surface area (Å²) in [4.78, 5) is 24.2. The summed E-state index contributed by atoms with van der Waals surface area (Å²) in [5.74, 6) is -0.389. The van der Waals surface area contributed by atoms with E-state index in [0.717, 1.165) is 19.3 Å². The molecular weight excluding hydrogens is 352 g/mol. The van der Waals surface area contributed by atoms with Crippen LogP contribution in [0.5, 0.6) is 0 Å². The van der Waals surface area contributed by atoms with Gasteiger partial charge in [0.05, 0.1) is 24.3 Å². The SMILES string of the molecule is CCCCCCCCOC(=O)c1ccc(C(=O)OCC(C)CC(C)(C)C)cc1. The van der Waals surface area contributed by atoms with E-state index in [1.807, 2.05) is 0 Å². The molecule has 28 heavy (non-hydrogen) atoms. The van der Waals surface area contributed by atoms with Gasteiger partial charge in [0.15, 0.2) is 0 Å². The molecule has 0 amide bonds. The molecule has 1 aromatic carbocycles. The van der Waals surface area contributed by atoms with E-state index in [9.17, 15) is 9.59 Å². The van der Waals surface area contributed by atoms with Gasteiger partial charge in [-0.2, -0.15) is 0 Å². The van der Waals surface area contributed by atoms with E-state index in [1.54, 1.807) is 24.3 Å². The van der Waals surface area contributed by atoms with Crippen LogP contribution in [0, 0.1) is 11.3 Å². The van der Waals surface area contributed by atoms with Gasteiger partial charge in [0, 0.05) is 0 Å². The molecular formula is C24H38O4. The Balaban J connectivity index is 2.35. The third kappa shape index (κ3) is 10.5. The van der Waals surface area contributed by atoms with Gasteiger partial charge in [-0.05, 0) is 48.4 Å². The number of hydrogen-bond acceptors (Lipinski definition) is 4. The molecule has 0 saturated heterocycles. The van der Waals surface area contributed by atoms with Crippen LogP contribution >= 0.6 is 0 Å². The Hall–Kier alpha value is -1.84. The maximum atomic E-state index is 12.2. The zero-order chi connectivity index (χ0) is 21.0. The largest absolute Gasteiger partial charge is 0.462 e. The van der Waals surface area contributed by atoms with Crippen LogP contribution in [-0.2, 0) is 9.47 Å². The summed E-state index contributed by atoms with van der Waals surface area (Å²) in [6.45, 7) is 11.7. The van der Waals surface area contributed by atoms with Crippen molar-refractivity contribution in [3.63, 3.8) is 0 Å². The van der Waals surface area contributed by atoms with Crippen molar-refractivity contribution in [3.05, 3.63) is 35.4 Å². The van der Waals surface area contributed by atoms with Crippen molar-refractivity contribution in [1.29, 1.82) is 0 Å². The summed E-state index contributed by atoms with van der Waals surface area (Å²) in [6.07, 6.45) is 7.91. The van der Waals surface area contributed by atoms with Crippen LogP contribution in [0.25, 0.3) is 0 Å². The number of ether oxygens (including phenoxy) is 2. The van der Waals surface area contributed by atoms with Crippen molar-refractivity contribution < 1.29 is 19.1 Å². The molecule has 4 nitrogen and oxygen atoms in total. The quantitative estimate of drug-likeness (QED) is 0.305. The summed E-state index contributed by atoms with van der Waals surface area (Å²) >= 11 is 0. The lowest BCUT2D eigenvalue weighted by atomic mass is 9.86. The minimum Gasteiger partial charge on any atom is -0.462 e. The van der Waals surface area contributed by atoms with Gasteiger partial charge in [-0.15, -0.1) is 0 Å². The smallest absolute Gasteiger partial charge is 0.338 e. The molecule has 4 heteroatoms. The first-order valence-electron chi connectivity index (χ1n) is 10.7. The van der Waals surface area contributed by atoms with Gasteiger partial charge in [0.25, 0.3) is 0 Å². The van der Waals surface area contributed by atoms with Gasteiger partial charge in [0.2, 0.25) is 0 Å². The minimum absolute atomic E-state index is 0.212. The lowest BCUT2D eigenvalue weighted by Crippen LogP contribution is -2.18. The van der Waals surface area contributed by atoms with Crippen LogP contribution < -0.4 is 0 Å². The first-order valence-corrected chi connectivity index (χ1v) is 10.7. The predicted octanol–water partition coefficient (Wildman–Crippen LogP) is 6.43. The van der Waals surface area contributed by atoms with Crippen LogP contribution in [0.4, 0.5) is 0 Å². The van der Waals surface area contributed by atoms with Crippen molar-refractivity contribution in [1.82, 2.24) is 0 Å². The van der Waals surface area contributed by atoms with E-state index in [1.165, 1.54) is 25.7 Å². The minimum atomic E-state index is -0.354. The van der Waals surface area contributed by atoms with Crippen molar-refractivity contribution >= 4 is 11.9 Å². The highest BCUT2D eigenvalue weighted by molar-refractivity contribution is 5.93. The zero-order valence-corrected chi connectivity index (χ0v) is 18.4. The van der Waals surface area contributed by atoms with Gasteiger partial charge in [-0.25, -0.2) is 9.59 Å². The van der Waals surface area contributed by atoms with Crippen LogP contribution in [0.3, 0.4) is 0 Å². The number of rotatable bonds is 12. The van der Waals surface area contributed by atoms with Gasteiger partial charge in [-0.3, -0.25) is 0 Å². The number of carbonyl (C=O) groups excluding carboxylic acids is 2. The highest BCUT2D eigenvalue weighted by Crippen LogP contribution is 2.24. The van der Waals surface area contributed by atoms with Crippen molar-refractivity contribution in [3.8, 4) is 0 Å². The molecule has 0 heterocycles. The molecule has 0 spiro atoms. The fourth-order valence-electron chi connectivity index (χ4n) is 3.28. The van der Waals surface area contributed by atoms with Crippen molar-refractivity contribution in [2.75, 3.05) is 13.2 Å². The molecule has 0 radical (unpaired) electrons. The van der Waals surface area contributed by atoms with Gasteiger partial charge in [0.1, 0.15) is 0 Å². The van der Waals surface area contributed by atoms with E-state index in [-0.39, 0.29) is 17.4 Å². The highest BCUT2D eigenvalue weighted by atomic mass is 16.5. The summed E-state index contributed by atoms with van der Waals surface area (Å²) in [5, 5.41) is 0. The van der Waals surface area contributed by atoms with E-state index < -0.39 is 0 Å². The zero-order valence-electron chi connectivity index (χ0n) is 18.4. The van der Waals surface area contributed by atoms with E-state index in [2.05, 4.69) is 34.6 Å². The Labute approximate surface area is 171 Å². The number of benzene rings is 1. The monoisotopic (exact) mass is 390 g/mol. The third-order valence-corrected chi connectivity index (χ3v) is 4.55. The second-order valence-corrected chi connectivity index (χ2v) is 8.95. The normalized spacial score (nSPS) is 12.5. The molecule has 0 bridgehead atoms. The Bertz CT molecular complexity index is 584. The van der Waals surface area contributed by atoms with Crippen LogP contribution in [0.2, 0.25) is 0 Å². The average Bonchev–Trinajstić information content (AvgIpc) is 2.64. The van der Waals surface area contributed by atoms with Crippen molar-refractivity contribution in [2.45, 2.75) is 79.6 Å². The predicted molar refractivity (Wildman–Crippen MR) is 114 cm³/mol. The summed E-state index contributed by atoms with van der Waals surface area (Å²) in [6, 6.07) is 6.49. The lowest BCUT2D eigenvalue weighted by Gasteiger charge is -2.22.